The summed E-state index contributed by atoms with van der Waals surface area (Å²) >= 11 is 1.02. The molecule has 1 heterocycles. The molecule has 4 heteroatoms. The van der Waals surface area contributed by atoms with Crippen molar-refractivity contribution >= 4 is 12.0 Å². The molecule has 1 rings (SSSR count). The van der Waals surface area contributed by atoms with Crippen LogP contribution in [-0.4, -0.2) is 0 Å². The fraction of sp³-hybridized carbons (Fsp3) is 0. The molecule has 8 heavy (non-hydrogen) atoms. The summed E-state index contributed by atoms with van der Waals surface area (Å²) in [6.07, 6.45) is 4.82. The van der Waals surface area contributed by atoms with Gasteiger partial charge in [0.15, 0.2) is 5.03 Å². The van der Waals surface area contributed by atoms with Gasteiger partial charge < -0.3 is 4.18 Å². The molecule has 1 aliphatic rings. The number of hydrogen-bond donors (Lipinski definition) is 0. The zero-order valence-electron chi connectivity index (χ0n) is 3.94. The fourth-order valence-corrected chi connectivity index (χ4v) is 0.694. The van der Waals surface area contributed by atoms with Gasteiger partial charge in [0, 0.05) is 0 Å². The van der Waals surface area contributed by atoms with Gasteiger partial charge >= 0.3 is 0 Å². The maximum Gasteiger partial charge on any atom is 0.160 e. The number of allylic oxidation sites excluding steroid dienone is 2. The van der Waals surface area contributed by atoms with E-state index in [2.05, 4.69) is 9.30 Å². The molecule has 0 aromatic carbocycles. The van der Waals surface area contributed by atoms with Crippen LogP contribution in [0.25, 0.3) is 0 Å². The average molecular weight is 127 g/mol. The highest BCUT2D eigenvalue weighted by molar-refractivity contribution is 7.98. The van der Waals surface area contributed by atoms with Crippen LogP contribution in [0, 0.1) is 0 Å². The molecule has 41 valence electrons. The molecule has 0 saturated heterocycles. The van der Waals surface area contributed by atoms with E-state index in [1.54, 1.807) is 12.2 Å². The normalized spacial score (nSPS) is 16.8. The molecule has 0 amide bonds. The van der Waals surface area contributed by atoms with Crippen molar-refractivity contribution in [1.82, 2.24) is 5.53 Å². The second-order valence-electron chi connectivity index (χ2n) is 1.11. The van der Waals surface area contributed by atoms with Gasteiger partial charge in [0.25, 0.3) is 0 Å². The zero-order valence-corrected chi connectivity index (χ0v) is 4.76. The molecule has 0 N–H and O–H groups in total. The van der Waals surface area contributed by atoms with E-state index in [0.717, 1.165) is 12.0 Å². The first-order valence-corrected chi connectivity index (χ1v) is 2.73. The molecule has 0 aromatic rings. The Balaban J connectivity index is 2.63. The molecule has 1 radical (unpaired) electrons. The summed E-state index contributed by atoms with van der Waals surface area (Å²) in [5.74, 6) is 0. The SMILES string of the molecule is [N]=NC1=CC=COS1. The Morgan fingerprint density at radius 2 is 2.62 bits per heavy atom. The first kappa shape index (κ1) is 5.37. The summed E-state index contributed by atoms with van der Waals surface area (Å²) in [5, 5.41) is 3.36. The highest BCUT2D eigenvalue weighted by Crippen LogP contribution is 2.20. The molecule has 0 unspecified atom stereocenters. The highest BCUT2D eigenvalue weighted by Gasteiger charge is 1.97. The van der Waals surface area contributed by atoms with Gasteiger partial charge in [0.2, 0.25) is 0 Å². The van der Waals surface area contributed by atoms with Crippen molar-refractivity contribution in [3.8, 4) is 0 Å². The predicted octanol–water partition coefficient (Wildman–Crippen LogP) is 1.27. The van der Waals surface area contributed by atoms with Crippen LogP contribution in [0.1, 0.15) is 0 Å². The molecule has 0 atom stereocenters. The molecular weight excluding hydrogens is 124 g/mol. The van der Waals surface area contributed by atoms with Crippen LogP contribution in [-0.2, 0) is 4.18 Å². The van der Waals surface area contributed by atoms with E-state index in [4.69, 9.17) is 5.53 Å². The second kappa shape index (κ2) is 2.52. The molecule has 3 nitrogen and oxygen atoms in total. The first-order valence-electron chi connectivity index (χ1n) is 1.99. The van der Waals surface area contributed by atoms with E-state index in [0.29, 0.717) is 5.03 Å². The Bertz CT molecular complexity index is 152. The van der Waals surface area contributed by atoms with Crippen molar-refractivity contribution in [3.63, 3.8) is 0 Å². The zero-order chi connectivity index (χ0) is 5.82. The maximum atomic E-state index is 8.11. The minimum atomic E-state index is 0.465. The van der Waals surface area contributed by atoms with E-state index in [-0.39, 0.29) is 0 Å². The summed E-state index contributed by atoms with van der Waals surface area (Å²) in [4.78, 5) is 0. The predicted molar refractivity (Wildman–Crippen MR) is 30.5 cm³/mol. The van der Waals surface area contributed by atoms with Gasteiger partial charge in [-0.2, -0.15) is 0 Å². The van der Waals surface area contributed by atoms with Gasteiger partial charge in [-0.05, 0) is 17.7 Å². The van der Waals surface area contributed by atoms with Gasteiger partial charge in [-0.3, -0.25) is 0 Å². The monoisotopic (exact) mass is 127 g/mol. The average Bonchev–Trinajstić information content (AvgIpc) is 1.90. The molecular formula is C4H3N2OS. The van der Waals surface area contributed by atoms with Crippen LogP contribution in [0.2, 0.25) is 0 Å². The van der Waals surface area contributed by atoms with E-state index >= 15 is 0 Å². The fourth-order valence-electron chi connectivity index (χ4n) is 0.309. The summed E-state index contributed by atoms with van der Waals surface area (Å²) < 4.78 is 4.69. The summed E-state index contributed by atoms with van der Waals surface area (Å²) in [5.41, 5.74) is 8.11. The first-order chi connectivity index (χ1) is 3.93. The van der Waals surface area contributed by atoms with Crippen LogP contribution in [0.5, 0.6) is 0 Å². The third-order valence-corrected chi connectivity index (χ3v) is 1.20. The Labute approximate surface area is 51.1 Å². The van der Waals surface area contributed by atoms with Crippen molar-refractivity contribution in [1.29, 1.82) is 0 Å². The van der Waals surface area contributed by atoms with Crippen LogP contribution >= 0.6 is 12.0 Å². The largest absolute Gasteiger partial charge is 0.427 e. The topological polar surface area (TPSA) is 43.9 Å². The second-order valence-corrected chi connectivity index (χ2v) is 1.89. The molecule has 0 saturated carbocycles. The van der Waals surface area contributed by atoms with Gasteiger partial charge in [-0.15, -0.1) is 5.11 Å². The van der Waals surface area contributed by atoms with E-state index in [1.807, 2.05) is 0 Å². The lowest BCUT2D eigenvalue weighted by Gasteiger charge is -1.98. The third-order valence-electron chi connectivity index (χ3n) is 0.605. The standard InChI is InChI=1S/C4H3N2OS/c5-6-4-2-1-3-7-8-4/h1-3H. The molecule has 0 fully saturated rings. The Morgan fingerprint density at radius 1 is 1.75 bits per heavy atom. The molecule has 0 bridgehead atoms. The van der Waals surface area contributed by atoms with Crippen LogP contribution in [0.15, 0.2) is 28.6 Å². The smallest absolute Gasteiger partial charge is 0.160 e. The Morgan fingerprint density at radius 3 is 3.00 bits per heavy atom. The van der Waals surface area contributed by atoms with Gasteiger partial charge in [0.05, 0.1) is 0 Å². The van der Waals surface area contributed by atoms with Gasteiger partial charge in [-0.25, -0.2) is 0 Å². The summed E-state index contributed by atoms with van der Waals surface area (Å²) in [7, 11) is 0. The number of hydrogen-bond acceptors (Lipinski definition) is 3. The lowest BCUT2D eigenvalue weighted by atomic mass is 10.6. The Hall–Kier alpha value is -0.770. The van der Waals surface area contributed by atoms with Crippen LogP contribution < -0.4 is 5.53 Å². The van der Waals surface area contributed by atoms with Crippen molar-refractivity contribution in [3.05, 3.63) is 23.4 Å². The van der Waals surface area contributed by atoms with Crippen molar-refractivity contribution in [2.45, 2.75) is 0 Å². The van der Waals surface area contributed by atoms with Gasteiger partial charge in [-0.1, -0.05) is 0 Å². The Kier molecular flexibility index (Phi) is 1.69. The molecule has 0 aromatic heterocycles. The molecule has 0 spiro atoms. The lowest BCUT2D eigenvalue weighted by molar-refractivity contribution is 0.566. The van der Waals surface area contributed by atoms with Crippen LogP contribution in [0.3, 0.4) is 0 Å². The highest BCUT2D eigenvalue weighted by atomic mass is 32.2. The van der Waals surface area contributed by atoms with Gasteiger partial charge in [0.1, 0.15) is 18.3 Å². The van der Waals surface area contributed by atoms with Crippen LogP contribution in [0.4, 0.5) is 0 Å². The lowest BCUT2D eigenvalue weighted by Crippen LogP contribution is -1.75. The van der Waals surface area contributed by atoms with Crippen molar-refractivity contribution in [2.24, 2.45) is 5.11 Å². The maximum absolute atomic E-state index is 8.11. The summed E-state index contributed by atoms with van der Waals surface area (Å²) in [6.45, 7) is 0. The van der Waals surface area contributed by atoms with E-state index in [1.165, 1.54) is 6.26 Å². The van der Waals surface area contributed by atoms with E-state index in [9.17, 15) is 0 Å². The van der Waals surface area contributed by atoms with Crippen molar-refractivity contribution in [2.75, 3.05) is 0 Å². The van der Waals surface area contributed by atoms with E-state index < -0.39 is 0 Å². The summed E-state index contributed by atoms with van der Waals surface area (Å²) in [6, 6.07) is 0. The number of rotatable bonds is 1. The minimum absolute atomic E-state index is 0.465. The minimum Gasteiger partial charge on any atom is -0.427 e. The molecule has 0 aliphatic carbocycles. The number of nitrogens with zero attached hydrogens (tertiary/aromatic N) is 2. The third kappa shape index (κ3) is 1.10. The van der Waals surface area contributed by atoms with Crippen molar-refractivity contribution < 1.29 is 4.18 Å². The molecule has 1 aliphatic heterocycles. The quantitative estimate of drug-likeness (QED) is 0.393.